The number of thiocarbonyl (C=S) groups is 1. The summed E-state index contributed by atoms with van der Waals surface area (Å²) in [4.78, 5) is 0. The second-order valence-corrected chi connectivity index (χ2v) is 5.84. The summed E-state index contributed by atoms with van der Waals surface area (Å²) in [5, 5.41) is 9.81. The average Bonchev–Trinajstić information content (AvgIpc) is 2.64. The number of fused-ring (bicyclic) bond motifs is 1. The number of rotatable bonds is 4. The summed E-state index contributed by atoms with van der Waals surface area (Å²) < 4.78 is 5.71. The molecular weight excluding hydrogens is 318 g/mol. The highest BCUT2D eigenvalue weighted by atomic mass is 32.1. The number of nitrogens with one attached hydrogen (secondary N) is 1. The fourth-order valence-corrected chi connectivity index (χ4v) is 2.43. The van der Waals surface area contributed by atoms with E-state index in [1.807, 2.05) is 49.5 Å². The Morgan fingerprint density at radius 3 is 2.79 bits per heavy atom. The third-order valence-corrected chi connectivity index (χ3v) is 4.04. The molecule has 0 saturated carbocycles. The van der Waals surface area contributed by atoms with E-state index in [1.165, 1.54) is 5.56 Å². The van der Waals surface area contributed by atoms with Crippen LogP contribution in [0.15, 0.2) is 65.3 Å². The minimum absolute atomic E-state index is 0.512. The molecule has 1 aliphatic rings. The SMILES string of the molecule is CN(N=CC1=Cc2ccccc2OC1)C(=S)NCc1ccccc1. The van der Waals surface area contributed by atoms with Crippen molar-refractivity contribution in [2.75, 3.05) is 13.7 Å². The van der Waals surface area contributed by atoms with E-state index in [2.05, 4.69) is 28.6 Å². The molecule has 5 heteroatoms. The number of hydrazone groups is 1. The van der Waals surface area contributed by atoms with Gasteiger partial charge in [-0.15, -0.1) is 0 Å². The fraction of sp³-hybridized carbons (Fsp3) is 0.158. The molecule has 0 unspecified atom stereocenters. The van der Waals surface area contributed by atoms with Gasteiger partial charge in [0.25, 0.3) is 0 Å². The summed E-state index contributed by atoms with van der Waals surface area (Å²) >= 11 is 5.36. The van der Waals surface area contributed by atoms with Gasteiger partial charge in [-0.1, -0.05) is 48.5 Å². The Bertz CT molecular complexity index is 771. The first kappa shape index (κ1) is 16.2. The predicted octanol–water partition coefficient (Wildman–Crippen LogP) is 3.45. The summed E-state index contributed by atoms with van der Waals surface area (Å²) in [6.07, 6.45) is 3.86. The molecule has 2 aromatic rings. The minimum atomic E-state index is 0.512. The van der Waals surface area contributed by atoms with Crippen LogP contribution < -0.4 is 10.1 Å². The van der Waals surface area contributed by atoms with Crippen LogP contribution in [0.1, 0.15) is 11.1 Å². The molecule has 0 aliphatic carbocycles. The highest BCUT2D eigenvalue weighted by molar-refractivity contribution is 7.80. The van der Waals surface area contributed by atoms with Gasteiger partial charge in [-0.25, -0.2) is 5.01 Å². The van der Waals surface area contributed by atoms with Crippen LogP contribution in [-0.2, 0) is 6.54 Å². The molecule has 0 spiro atoms. The molecule has 0 atom stereocenters. The van der Waals surface area contributed by atoms with Crippen LogP contribution in [0.2, 0.25) is 0 Å². The Labute approximate surface area is 147 Å². The van der Waals surface area contributed by atoms with Crippen LogP contribution in [0.4, 0.5) is 0 Å². The van der Waals surface area contributed by atoms with Gasteiger partial charge in [-0.05, 0) is 29.9 Å². The first-order chi connectivity index (χ1) is 11.7. The van der Waals surface area contributed by atoms with Crippen molar-refractivity contribution in [3.05, 3.63) is 71.3 Å². The molecule has 1 N–H and O–H groups in total. The molecule has 0 radical (unpaired) electrons. The van der Waals surface area contributed by atoms with E-state index in [-0.39, 0.29) is 0 Å². The van der Waals surface area contributed by atoms with Crippen LogP contribution in [-0.4, -0.2) is 30.0 Å². The Kier molecular flexibility index (Phi) is 5.23. The lowest BCUT2D eigenvalue weighted by molar-refractivity contribution is 0.353. The van der Waals surface area contributed by atoms with Crippen LogP contribution in [0.25, 0.3) is 6.08 Å². The molecule has 3 rings (SSSR count). The van der Waals surface area contributed by atoms with Crippen LogP contribution in [0, 0.1) is 0 Å². The lowest BCUT2D eigenvalue weighted by atomic mass is 10.1. The van der Waals surface area contributed by atoms with E-state index >= 15 is 0 Å². The largest absolute Gasteiger partial charge is 0.488 e. The predicted molar refractivity (Wildman–Crippen MR) is 102 cm³/mol. The zero-order valence-corrected chi connectivity index (χ0v) is 14.3. The molecule has 0 saturated heterocycles. The number of para-hydroxylation sites is 1. The molecule has 0 fully saturated rings. The Hall–Kier alpha value is -2.66. The monoisotopic (exact) mass is 337 g/mol. The second-order valence-electron chi connectivity index (χ2n) is 5.46. The van der Waals surface area contributed by atoms with Crippen molar-refractivity contribution in [3.8, 4) is 5.75 Å². The highest BCUT2D eigenvalue weighted by Crippen LogP contribution is 2.24. The number of nitrogens with zero attached hydrogens (tertiary/aromatic N) is 2. The molecule has 2 aromatic carbocycles. The van der Waals surface area contributed by atoms with Gasteiger partial charge >= 0.3 is 0 Å². The summed E-state index contributed by atoms with van der Waals surface area (Å²) in [7, 11) is 1.83. The first-order valence-electron chi connectivity index (χ1n) is 7.74. The molecule has 4 nitrogen and oxygen atoms in total. The zero-order valence-electron chi connectivity index (χ0n) is 13.5. The van der Waals surface area contributed by atoms with Crippen LogP contribution in [0.3, 0.4) is 0 Å². The average molecular weight is 337 g/mol. The van der Waals surface area contributed by atoms with Crippen molar-refractivity contribution >= 4 is 29.6 Å². The van der Waals surface area contributed by atoms with E-state index in [1.54, 1.807) is 11.2 Å². The lowest BCUT2D eigenvalue weighted by Crippen LogP contribution is -2.33. The zero-order chi connectivity index (χ0) is 16.8. The van der Waals surface area contributed by atoms with Crippen molar-refractivity contribution < 1.29 is 4.74 Å². The molecule has 1 aliphatic heterocycles. The third kappa shape index (κ3) is 4.20. The van der Waals surface area contributed by atoms with E-state index in [0.29, 0.717) is 18.3 Å². The van der Waals surface area contributed by atoms with Gasteiger partial charge in [-0.2, -0.15) is 5.10 Å². The van der Waals surface area contributed by atoms with Gasteiger partial charge in [0.2, 0.25) is 0 Å². The van der Waals surface area contributed by atoms with E-state index < -0.39 is 0 Å². The van der Waals surface area contributed by atoms with Crippen molar-refractivity contribution in [2.24, 2.45) is 5.10 Å². The van der Waals surface area contributed by atoms with Gasteiger partial charge in [0, 0.05) is 24.7 Å². The Morgan fingerprint density at radius 2 is 1.96 bits per heavy atom. The molecular formula is C19H19N3OS. The highest BCUT2D eigenvalue weighted by Gasteiger charge is 2.09. The maximum atomic E-state index is 5.71. The maximum Gasteiger partial charge on any atom is 0.189 e. The van der Waals surface area contributed by atoms with Crippen molar-refractivity contribution in [1.82, 2.24) is 10.3 Å². The van der Waals surface area contributed by atoms with Gasteiger partial charge < -0.3 is 10.1 Å². The fourth-order valence-electron chi connectivity index (χ4n) is 2.31. The molecule has 0 aromatic heterocycles. The maximum absolute atomic E-state index is 5.71. The van der Waals surface area contributed by atoms with E-state index in [0.717, 1.165) is 16.9 Å². The van der Waals surface area contributed by atoms with E-state index in [4.69, 9.17) is 17.0 Å². The van der Waals surface area contributed by atoms with Crippen molar-refractivity contribution in [1.29, 1.82) is 0 Å². The standard InChI is InChI=1S/C19H19N3OS/c1-22(19(24)20-12-15-7-3-2-4-8-15)21-13-16-11-17-9-5-6-10-18(17)23-14-16/h2-11,13H,12,14H2,1H3,(H,20,24). The number of benzene rings is 2. The van der Waals surface area contributed by atoms with E-state index in [9.17, 15) is 0 Å². The molecule has 0 bridgehead atoms. The molecule has 0 amide bonds. The van der Waals surface area contributed by atoms with Crippen LogP contribution >= 0.6 is 12.2 Å². The number of ether oxygens (including phenoxy) is 1. The van der Waals surface area contributed by atoms with Gasteiger partial charge in [0.15, 0.2) is 5.11 Å². The second kappa shape index (κ2) is 7.75. The lowest BCUT2D eigenvalue weighted by Gasteiger charge is -2.18. The summed E-state index contributed by atoms with van der Waals surface area (Å²) in [5.41, 5.74) is 3.25. The van der Waals surface area contributed by atoms with Gasteiger partial charge in [-0.3, -0.25) is 0 Å². The van der Waals surface area contributed by atoms with Crippen molar-refractivity contribution in [2.45, 2.75) is 6.54 Å². The van der Waals surface area contributed by atoms with Gasteiger partial charge in [0.1, 0.15) is 12.4 Å². The Morgan fingerprint density at radius 1 is 1.21 bits per heavy atom. The molecule has 122 valence electrons. The third-order valence-electron chi connectivity index (χ3n) is 3.63. The topological polar surface area (TPSA) is 36.9 Å². The molecule has 24 heavy (non-hydrogen) atoms. The smallest absolute Gasteiger partial charge is 0.189 e. The van der Waals surface area contributed by atoms with Crippen LogP contribution in [0.5, 0.6) is 5.75 Å². The van der Waals surface area contributed by atoms with Gasteiger partial charge in [0.05, 0.1) is 6.21 Å². The summed E-state index contributed by atoms with van der Waals surface area (Å²) in [5.74, 6) is 0.906. The quantitative estimate of drug-likeness (QED) is 0.527. The summed E-state index contributed by atoms with van der Waals surface area (Å²) in [6, 6.07) is 18.1. The first-order valence-corrected chi connectivity index (χ1v) is 8.15. The Balaban J connectivity index is 1.56. The molecule has 1 heterocycles. The minimum Gasteiger partial charge on any atom is -0.488 e. The normalized spacial score (nSPS) is 13.0. The number of hydrogen-bond acceptors (Lipinski definition) is 3. The number of hydrogen-bond donors (Lipinski definition) is 1. The van der Waals surface area contributed by atoms with Crippen molar-refractivity contribution in [3.63, 3.8) is 0 Å². The summed E-state index contributed by atoms with van der Waals surface area (Å²) in [6.45, 7) is 1.19.